The number of hydrogen-bond acceptors (Lipinski definition) is 6. The zero-order chi connectivity index (χ0) is 28.1. The Kier molecular flexibility index (Phi) is 27.0. The van der Waals surface area contributed by atoms with Gasteiger partial charge in [-0.1, -0.05) is 49.0 Å². The van der Waals surface area contributed by atoms with E-state index in [2.05, 4.69) is 36.6 Å². The fourth-order valence-corrected chi connectivity index (χ4v) is 3.98. The highest BCUT2D eigenvalue weighted by molar-refractivity contribution is 5.76. The summed E-state index contributed by atoms with van der Waals surface area (Å²) in [6, 6.07) is 0. The Morgan fingerprint density at radius 3 is 1.32 bits per heavy atom. The lowest BCUT2D eigenvalue weighted by atomic mass is 10.0. The molecule has 0 atom stereocenters. The largest absolute Gasteiger partial charge is 0.394 e. The molecule has 0 bridgehead atoms. The number of carbonyl (C=O) groups excluding carboxylic acids is 2. The van der Waals surface area contributed by atoms with E-state index in [1.165, 1.54) is 24.0 Å². The van der Waals surface area contributed by atoms with E-state index in [-0.39, 0.29) is 25.0 Å². The van der Waals surface area contributed by atoms with Crippen LogP contribution in [0.4, 0.5) is 0 Å². The van der Waals surface area contributed by atoms with Crippen LogP contribution in [0, 0.1) is 0 Å². The maximum Gasteiger partial charge on any atom is 0.220 e. The van der Waals surface area contributed by atoms with Crippen LogP contribution < -0.4 is 10.6 Å². The summed E-state index contributed by atoms with van der Waals surface area (Å²) in [5, 5.41) is 22.9. The van der Waals surface area contributed by atoms with Crippen LogP contribution in [0.25, 0.3) is 0 Å². The third-order valence-electron chi connectivity index (χ3n) is 6.21. The fourth-order valence-electron chi connectivity index (χ4n) is 3.98. The van der Waals surface area contributed by atoms with Crippen LogP contribution in [0.2, 0.25) is 0 Å². The van der Waals surface area contributed by atoms with Gasteiger partial charge < -0.3 is 30.3 Å². The number of hydrogen-bond donors (Lipinski definition) is 4. The molecule has 0 rings (SSSR count). The van der Waals surface area contributed by atoms with Crippen LogP contribution in [0.5, 0.6) is 0 Å². The van der Waals surface area contributed by atoms with Gasteiger partial charge in [0.05, 0.1) is 39.6 Å². The van der Waals surface area contributed by atoms with Gasteiger partial charge >= 0.3 is 0 Å². The van der Waals surface area contributed by atoms with Gasteiger partial charge in [-0.2, -0.15) is 0 Å². The SMILES string of the molecule is CC(=CCC/C=C(\C)CCCCCCC(=O)NCCOCCO)CCCCCCC(=O)NCCOCCO. The first-order valence-corrected chi connectivity index (χ1v) is 14.7. The summed E-state index contributed by atoms with van der Waals surface area (Å²) < 4.78 is 10.2. The molecule has 8 nitrogen and oxygen atoms in total. The fraction of sp³-hybridized carbons (Fsp3) is 0.800. The van der Waals surface area contributed by atoms with Crippen LogP contribution in [0.1, 0.15) is 104 Å². The second kappa shape index (κ2) is 28.3. The van der Waals surface area contributed by atoms with Gasteiger partial charge in [0, 0.05) is 25.9 Å². The minimum Gasteiger partial charge on any atom is -0.394 e. The van der Waals surface area contributed by atoms with Crippen molar-refractivity contribution >= 4 is 11.8 Å². The Labute approximate surface area is 231 Å². The molecule has 4 N–H and O–H groups in total. The van der Waals surface area contributed by atoms with E-state index in [0.29, 0.717) is 52.4 Å². The lowest BCUT2D eigenvalue weighted by molar-refractivity contribution is -0.122. The zero-order valence-corrected chi connectivity index (χ0v) is 24.2. The summed E-state index contributed by atoms with van der Waals surface area (Å²) in [6.07, 6.45) is 19.0. The third-order valence-corrected chi connectivity index (χ3v) is 6.21. The van der Waals surface area contributed by atoms with Gasteiger partial charge in [-0.25, -0.2) is 0 Å². The number of ether oxygens (including phenoxy) is 2. The van der Waals surface area contributed by atoms with E-state index in [0.717, 1.165) is 64.2 Å². The second-order valence-corrected chi connectivity index (χ2v) is 9.88. The maximum absolute atomic E-state index is 11.7. The Morgan fingerprint density at radius 2 is 0.947 bits per heavy atom. The standard InChI is InChI=1S/C30H56N2O6/c1-27(13-7-3-5-9-17-29(35)31-19-23-37-25-21-33)15-11-12-16-28(2)14-8-4-6-10-18-30(36)32-20-24-38-26-22-34/h15-16,33-34H,3-14,17-26H2,1-2H3,(H,31,35)(H,32,36)/b27-15+,28-16?. The molecule has 0 spiro atoms. The molecule has 0 unspecified atom stereocenters. The summed E-state index contributed by atoms with van der Waals surface area (Å²) in [5.41, 5.74) is 2.91. The topological polar surface area (TPSA) is 117 Å². The van der Waals surface area contributed by atoms with Crippen LogP contribution in [-0.2, 0) is 19.1 Å². The number of nitrogens with one attached hydrogen (secondary N) is 2. The molecule has 0 heterocycles. The van der Waals surface area contributed by atoms with Crippen molar-refractivity contribution in [2.24, 2.45) is 0 Å². The number of amides is 2. The minimum absolute atomic E-state index is 0.0116. The molecule has 0 saturated heterocycles. The second-order valence-electron chi connectivity index (χ2n) is 9.88. The van der Waals surface area contributed by atoms with E-state index in [1.54, 1.807) is 0 Å². The van der Waals surface area contributed by atoms with Crippen molar-refractivity contribution in [2.75, 3.05) is 52.7 Å². The molecule has 0 fully saturated rings. The Morgan fingerprint density at radius 1 is 0.579 bits per heavy atom. The van der Waals surface area contributed by atoms with Gasteiger partial charge in [-0.15, -0.1) is 0 Å². The molecule has 0 aliphatic carbocycles. The third kappa shape index (κ3) is 27.3. The number of unbranched alkanes of at least 4 members (excludes halogenated alkanes) is 7. The Balaban J connectivity index is 3.60. The molecule has 2 amide bonds. The van der Waals surface area contributed by atoms with Crippen LogP contribution in [0.15, 0.2) is 23.3 Å². The van der Waals surface area contributed by atoms with Crippen molar-refractivity contribution in [3.63, 3.8) is 0 Å². The Hall–Kier alpha value is -1.74. The highest BCUT2D eigenvalue weighted by Crippen LogP contribution is 2.14. The van der Waals surface area contributed by atoms with Crippen LogP contribution >= 0.6 is 0 Å². The van der Waals surface area contributed by atoms with Gasteiger partial charge in [0.1, 0.15) is 0 Å². The summed E-state index contributed by atoms with van der Waals surface area (Å²) in [7, 11) is 0. The van der Waals surface area contributed by atoms with Gasteiger partial charge in [-0.3, -0.25) is 9.59 Å². The number of aliphatic hydroxyl groups excluding tert-OH is 2. The van der Waals surface area contributed by atoms with E-state index in [1.807, 2.05) is 0 Å². The number of allylic oxidation sites excluding steroid dienone is 4. The van der Waals surface area contributed by atoms with Crippen molar-refractivity contribution in [3.8, 4) is 0 Å². The smallest absolute Gasteiger partial charge is 0.220 e. The van der Waals surface area contributed by atoms with Crippen LogP contribution in [-0.4, -0.2) is 74.8 Å². The lowest BCUT2D eigenvalue weighted by Crippen LogP contribution is -2.27. The first-order chi connectivity index (χ1) is 18.5. The van der Waals surface area contributed by atoms with Gasteiger partial charge in [-0.05, 0) is 65.2 Å². The molecule has 222 valence electrons. The molecule has 38 heavy (non-hydrogen) atoms. The molecule has 0 aromatic heterocycles. The van der Waals surface area contributed by atoms with E-state index in [9.17, 15) is 9.59 Å². The first-order valence-electron chi connectivity index (χ1n) is 14.7. The van der Waals surface area contributed by atoms with E-state index >= 15 is 0 Å². The zero-order valence-electron chi connectivity index (χ0n) is 24.2. The van der Waals surface area contributed by atoms with Gasteiger partial charge in [0.15, 0.2) is 0 Å². The molecular formula is C30H56N2O6. The van der Waals surface area contributed by atoms with Crippen LogP contribution in [0.3, 0.4) is 0 Å². The van der Waals surface area contributed by atoms with Crippen molar-refractivity contribution in [2.45, 2.75) is 104 Å². The summed E-state index contributed by atoms with van der Waals surface area (Å²) in [6.45, 7) is 6.99. The van der Waals surface area contributed by atoms with Gasteiger partial charge in [0.2, 0.25) is 11.8 Å². The van der Waals surface area contributed by atoms with Gasteiger partial charge in [0.25, 0.3) is 0 Å². The van der Waals surface area contributed by atoms with Crippen molar-refractivity contribution in [3.05, 3.63) is 23.3 Å². The predicted octanol–water partition coefficient (Wildman–Crippen LogP) is 4.59. The average molecular weight is 541 g/mol. The molecule has 0 saturated carbocycles. The summed E-state index contributed by atoms with van der Waals surface area (Å²) in [5.74, 6) is 0.158. The molecule has 0 radical (unpaired) electrons. The Bertz CT molecular complexity index is 582. The molecule has 8 heteroatoms. The average Bonchev–Trinajstić information content (AvgIpc) is 2.90. The quantitative estimate of drug-likeness (QED) is 0.0894. The summed E-state index contributed by atoms with van der Waals surface area (Å²) >= 11 is 0. The summed E-state index contributed by atoms with van der Waals surface area (Å²) in [4.78, 5) is 23.5. The molecule has 0 aromatic rings. The highest BCUT2D eigenvalue weighted by Gasteiger charge is 2.02. The predicted molar refractivity (Wildman–Crippen MR) is 154 cm³/mol. The number of rotatable bonds is 27. The number of aliphatic hydroxyl groups is 2. The molecular weight excluding hydrogens is 484 g/mol. The van der Waals surface area contributed by atoms with E-state index < -0.39 is 0 Å². The normalized spacial score (nSPS) is 12.1. The highest BCUT2D eigenvalue weighted by atomic mass is 16.5. The number of carbonyl (C=O) groups is 2. The van der Waals surface area contributed by atoms with Crippen molar-refractivity contribution < 1.29 is 29.3 Å². The minimum atomic E-state index is 0.0116. The molecule has 0 aliphatic rings. The van der Waals surface area contributed by atoms with E-state index in [4.69, 9.17) is 19.7 Å². The van der Waals surface area contributed by atoms with Crippen molar-refractivity contribution in [1.82, 2.24) is 10.6 Å². The molecule has 0 aliphatic heterocycles. The first kappa shape index (κ1) is 36.3. The molecule has 0 aromatic carbocycles. The van der Waals surface area contributed by atoms with Crippen molar-refractivity contribution in [1.29, 1.82) is 0 Å². The monoisotopic (exact) mass is 540 g/mol. The lowest BCUT2D eigenvalue weighted by Gasteiger charge is -2.06. The maximum atomic E-state index is 11.7.